The molecule has 1 saturated heterocycles. The van der Waals surface area contributed by atoms with Gasteiger partial charge in [0, 0.05) is 43.9 Å². The molecule has 5 heteroatoms. The molecule has 146 valence electrons. The van der Waals surface area contributed by atoms with Gasteiger partial charge < -0.3 is 10.2 Å². The number of piperidine rings is 1. The lowest BCUT2D eigenvalue weighted by molar-refractivity contribution is -0.137. The summed E-state index contributed by atoms with van der Waals surface area (Å²) in [6.07, 6.45) is 6.24. The highest BCUT2D eigenvalue weighted by molar-refractivity contribution is 5.83. The van der Waals surface area contributed by atoms with E-state index in [0.29, 0.717) is 19.6 Å². The molecular formula is C23H27N3O2. The molecule has 5 nitrogen and oxygen atoms in total. The fraction of sp³-hybridized carbons (Fsp3) is 0.435. The van der Waals surface area contributed by atoms with Gasteiger partial charge in [0.1, 0.15) is 0 Å². The number of nitrogens with zero attached hydrogens (tertiary/aromatic N) is 2. The van der Waals surface area contributed by atoms with E-state index in [1.807, 2.05) is 17.0 Å². The largest absolute Gasteiger partial charge is 0.352 e. The van der Waals surface area contributed by atoms with Crippen molar-refractivity contribution in [2.24, 2.45) is 11.8 Å². The van der Waals surface area contributed by atoms with E-state index in [-0.39, 0.29) is 29.6 Å². The number of nitrogens with one attached hydrogen (secondary N) is 1. The third kappa shape index (κ3) is 4.41. The van der Waals surface area contributed by atoms with Gasteiger partial charge in [-0.15, -0.1) is 0 Å². The fourth-order valence-electron chi connectivity index (χ4n) is 4.06. The summed E-state index contributed by atoms with van der Waals surface area (Å²) in [4.78, 5) is 31.7. The van der Waals surface area contributed by atoms with Crippen LogP contribution in [0, 0.1) is 18.8 Å². The summed E-state index contributed by atoms with van der Waals surface area (Å²) >= 11 is 0. The first-order valence-electron chi connectivity index (χ1n) is 10.1. The molecule has 2 aromatic rings. The molecular weight excluding hydrogens is 350 g/mol. The predicted octanol–water partition coefficient (Wildman–Crippen LogP) is 3.05. The Morgan fingerprint density at radius 3 is 2.71 bits per heavy atom. The zero-order chi connectivity index (χ0) is 19.5. The molecule has 2 unspecified atom stereocenters. The average molecular weight is 377 g/mol. The van der Waals surface area contributed by atoms with Gasteiger partial charge in [-0.25, -0.2) is 0 Å². The molecule has 2 aliphatic rings. The SMILES string of the molecule is Cc1cccc(C2CC(C(=O)NCc3cccnc3)CN(C(=O)C3CC3)C2)c1. The molecule has 2 amide bonds. The van der Waals surface area contributed by atoms with E-state index in [4.69, 9.17) is 0 Å². The first-order valence-corrected chi connectivity index (χ1v) is 10.1. The average Bonchev–Trinajstić information content (AvgIpc) is 3.57. The van der Waals surface area contributed by atoms with Crippen molar-refractivity contribution in [2.75, 3.05) is 13.1 Å². The first kappa shape index (κ1) is 18.7. The van der Waals surface area contributed by atoms with Crippen LogP contribution >= 0.6 is 0 Å². The van der Waals surface area contributed by atoms with Gasteiger partial charge in [0.25, 0.3) is 0 Å². The van der Waals surface area contributed by atoms with Crippen LogP contribution in [0.3, 0.4) is 0 Å². The van der Waals surface area contributed by atoms with E-state index < -0.39 is 0 Å². The minimum atomic E-state index is -0.182. The van der Waals surface area contributed by atoms with E-state index in [1.165, 1.54) is 11.1 Å². The minimum absolute atomic E-state index is 0.0230. The summed E-state index contributed by atoms with van der Waals surface area (Å²) in [6.45, 7) is 3.79. The standard InChI is InChI=1S/C23H27N3O2/c1-16-4-2-6-19(10-16)20-11-21(15-26(14-20)23(28)18-7-8-18)22(27)25-13-17-5-3-9-24-12-17/h2-6,9-10,12,18,20-21H,7-8,11,13-15H2,1H3,(H,25,27). The van der Waals surface area contributed by atoms with E-state index in [2.05, 4.69) is 41.5 Å². The monoisotopic (exact) mass is 377 g/mol. The Morgan fingerprint density at radius 2 is 2.00 bits per heavy atom. The Labute approximate surface area is 166 Å². The highest BCUT2D eigenvalue weighted by atomic mass is 16.2. The Balaban J connectivity index is 1.48. The van der Waals surface area contributed by atoms with Crippen molar-refractivity contribution >= 4 is 11.8 Å². The summed E-state index contributed by atoms with van der Waals surface area (Å²) in [5.74, 6) is 0.441. The molecule has 1 aromatic heterocycles. The van der Waals surface area contributed by atoms with Gasteiger partial charge in [-0.3, -0.25) is 14.6 Å². The van der Waals surface area contributed by atoms with Crippen molar-refractivity contribution in [1.82, 2.24) is 15.2 Å². The number of carbonyl (C=O) groups excluding carboxylic acids is 2. The van der Waals surface area contributed by atoms with Crippen LogP contribution in [0.15, 0.2) is 48.8 Å². The van der Waals surface area contributed by atoms with Crippen LogP contribution < -0.4 is 5.32 Å². The van der Waals surface area contributed by atoms with Gasteiger partial charge in [0.15, 0.2) is 0 Å². The lowest BCUT2D eigenvalue weighted by Crippen LogP contribution is -2.48. The van der Waals surface area contributed by atoms with Crippen LogP contribution in [0.2, 0.25) is 0 Å². The maximum absolute atomic E-state index is 12.9. The third-order valence-electron chi connectivity index (χ3n) is 5.76. The maximum Gasteiger partial charge on any atom is 0.225 e. The number of hydrogen-bond acceptors (Lipinski definition) is 3. The summed E-state index contributed by atoms with van der Waals surface area (Å²) in [5.41, 5.74) is 3.41. The van der Waals surface area contributed by atoms with Crippen molar-refractivity contribution in [3.8, 4) is 0 Å². The molecule has 1 saturated carbocycles. The van der Waals surface area contributed by atoms with Crippen LogP contribution in [0.1, 0.15) is 41.9 Å². The number of aryl methyl sites for hydroxylation is 1. The molecule has 0 bridgehead atoms. The van der Waals surface area contributed by atoms with Gasteiger partial charge in [-0.05, 0) is 43.4 Å². The number of pyridine rings is 1. The van der Waals surface area contributed by atoms with Crippen molar-refractivity contribution < 1.29 is 9.59 Å². The van der Waals surface area contributed by atoms with Gasteiger partial charge >= 0.3 is 0 Å². The summed E-state index contributed by atoms with van der Waals surface area (Å²) < 4.78 is 0. The van der Waals surface area contributed by atoms with Crippen molar-refractivity contribution in [1.29, 1.82) is 0 Å². The quantitative estimate of drug-likeness (QED) is 0.871. The van der Waals surface area contributed by atoms with E-state index in [1.54, 1.807) is 12.4 Å². The Morgan fingerprint density at radius 1 is 1.14 bits per heavy atom. The van der Waals surface area contributed by atoms with Crippen LogP contribution in [0.25, 0.3) is 0 Å². The Bertz CT molecular complexity index is 848. The summed E-state index contributed by atoms with van der Waals surface area (Å²) in [6, 6.07) is 12.3. The van der Waals surface area contributed by atoms with Crippen LogP contribution in [-0.4, -0.2) is 34.8 Å². The van der Waals surface area contributed by atoms with Crippen LogP contribution in [-0.2, 0) is 16.1 Å². The molecule has 2 heterocycles. The number of hydrogen-bond donors (Lipinski definition) is 1. The Hall–Kier alpha value is -2.69. The molecule has 0 radical (unpaired) electrons. The van der Waals surface area contributed by atoms with E-state index >= 15 is 0 Å². The smallest absolute Gasteiger partial charge is 0.225 e. The van der Waals surface area contributed by atoms with Gasteiger partial charge in [0.05, 0.1) is 5.92 Å². The zero-order valence-corrected chi connectivity index (χ0v) is 16.3. The lowest BCUT2D eigenvalue weighted by Gasteiger charge is -2.37. The zero-order valence-electron chi connectivity index (χ0n) is 16.3. The molecule has 4 rings (SSSR count). The van der Waals surface area contributed by atoms with Crippen molar-refractivity contribution in [3.63, 3.8) is 0 Å². The van der Waals surface area contributed by atoms with Gasteiger partial charge in [0.2, 0.25) is 11.8 Å². The number of likely N-dealkylation sites (tertiary alicyclic amines) is 1. The second-order valence-electron chi connectivity index (χ2n) is 8.14. The number of amides is 2. The second kappa shape index (κ2) is 8.13. The summed E-state index contributed by atoms with van der Waals surface area (Å²) in [5, 5.41) is 3.04. The highest BCUT2D eigenvalue weighted by Gasteiger charge is 2.39. The fourth-order valence-corrected chi connectivity index (χ4v) is 4.06. The second-order valence-corrected chi connectivity index (χ2v) is 8.14. The van der Waals surface area contributed by atoms with E-state index in [0.717, 1.165) is 24.8 Å². The normalized spacial score (nSPS) is 22.0. The first-order chi connectivity index (χ1) is 13.6. The molecule has 1 aromatic carbocycles. The lowest BCUT2D eigenvalue weighted by atomic mass is 9.83. The number of aromatic nitrogens is 1. The van der Waals surface area contributed by atoms with E-state index in [9.17, 15) is 9.59 Å². The molecule has 2 atom stereocenters. The molecule has 1 aliphatic carbocycles. The topological polar surface area (TPSA) is 62.3 Å². The maximum atomic E-state index is 12.9. The molecule has 1 N–H and O–H groups in total. The third-order valence-corrected chi connectivity index (χ3v) is 5.76. The molecule has 0 spiro atoms. The van der Waals surface area contributed by atoms with Gasteiger partial charge in [-0.1, -0.05) is 35.9 Å². The molecule has 2 fully saturated rings. The highest BCUT2D eigenvalue weighted by Crippen LogP contribution is 2.36. The number of rotatable bonds is 5. The molecule has 1 aliphatic heterocycles. The van der Waals surface area contributed by atoms with Crippen molar-refractivity contribution in [2.45, 2.75) is 38.6 Å². The minimum Gasteiger partial charge on any atom is -0.352 e. The van der Waals surface area contributed by atoms with Crippen molar-refractivity contribution in [3.05, 3.63) is 65.5 Å². The van der Waals surface area contributed by atoms with Crippen LogP contribution in [0.4, 0.5) is 0 Å². The predicted molar refractivity (Wildman–Crippen MR) is 107 cm³/mol. The number of benzene rings is 1. The summed E-state index contributed by atoms with van der Waals surface area (Å²) in [7, 11) is 0. The van der Waals surface area contributed by atoms with Crippen LogP contribution in [0.5, 0.6) is 0 Å². The Kier molecular flexibility index (Phi) is 5.42. The molecule has 28 heavy (non-hydrogen) atoms. The van der Waals surface area contributed by atoms with Gasteiger partial charge in [-0.2, -0.15) is 0 Å². The number of carbonyl (C=O) groups is 2.